The maximum atomic E-state index is 10.3. The third-order valence-corrected chi connectivity index (χ3v) is 1.29. The van der Waals surface area contributed by atoms with Crippen LogP contribution in [0.15, 0.2) is 0 Å². The lowest BCUT2D eigenvalue weighted by Gasteiger charge is -2.18. The number of hydrogen-bond acceptors (Lipinski definition) is 5. The average Bonchev–Trinajstić information content (AvgIpc) is 1.98. The normalized spacial score (nSPS) is 9.17. The number of carbonyl (C=O) groups excluding carboxylic acids is 1. The van der Waals surface area contributed by atoms with Crippen molar-refractivity contribution >= 4 is 23.9 Å². The summed E-state index contributed by atoms with van der Waals surface area (Å²) in [6.07, 6.45) is -2.29. The van der Waals surface area contributed by atoms with Crippen LogP contribution in [0, 0.1) is 0 Å². The molecule has 0 aromatic carbocycles. The monoisotopic (exact) mass is 268 g/mol. The van der Waals surface area contributed by atoms with Gasteiger partial charge in [0.05, 0.1) is 12.8 Å². The summed E-state index contributed by atoms with van der Waals surface area (Å²) in [5, 5.41) is 33.8. The van der Waals surface area contributed by atoms with Gasteiger partial charge in [0.2, 0.25) is 0 Å². The molecule has 0 aliphatic heterocycles. The first kappa shape index (κ1) is 21.0. The van der Waals surface area contributed by atoms with Crippen molar-refractivity contribution in [1.29, 1.82) is 0 Å². The van der Waals surface area contributed by atoms with Gasteiger partial charge in [0.15, 0.2) is 5.60 Å². The largest absolute Gasteiger partial charge is 0.481 e. The Bertz CT molecular complexity index is 307. The predicted octanol–water partition coefficient (Wildman–Crippen LogP) is -1.59. The Labute approximate surface area is 102 Å². The number of amides is 2. The fourth-order valence-corrected chi connectivity index (χ4v) is 0.714. The van der Waals surface area contributed by atoms with E-state index in [1.165, 1.54) is 0 Å². The predicted molar refractivity (Wildman–Crippen MR) is 57.6 cm³/mol. The summed E-state index contributed by atoms with van der Waals surface area (Å²) in [6.45, 7) is 0. The number of aliphatic hydroxyl groups is 1. The number of carbonyl (C=O) groups is 4. The van der Waals surface area contributed by atoms with Crippen molar-refractivity contribution in [2.45, 2.75) is 25.9 Å². The van der Waals surface area contributed by atoms with Crippen LogP contribution >= 0.6 is 0 Å². The number of aliphatic carboxylic acids is 3. The molecule has 10 heteroatoms. The zero-order valence-corrected chi connectivity index (χ0v) is 8.49. The van der Waals surface area contributed by atoms with Crippen LogP contribution in [0.3, 0.4) is 0 Å². The van der Waals surface area contributed by atoms with Crippen molar-refractivity contribution in [3.63, 3.8) is 0 Å². The highest BCUT2D eigenvalue weighted by Crippen LogP contribution is 2.15. The first-order valence-corrected chi connectivity index (χ1v) is 3.95. The molecule has 0 spiro atoms. The molecule has 0 radical (unpaired) electrons. The molecule has 18 heavy (non-hydrogen) atoms. The minimum atomic E-state index is -2.74. The van der Waals surface area contributed by atoms with E-state index in [-0.39, 0.29) is 7.43 Å². The number of urea groups is 1. The zero-order valence-electron chi connectivity index (χ0n) is 8.49. The minimum absolute atomic E-state index is 0. The van der Waals surface area contributed by atoms with Crippen LogP contribution in [0.2, 0.25) is 0 Å². The second-order valence-corrected chi connectivity index (χ2v) is 2.88. The SMILES string of the molecule is C.NC(N)=O.O=C(O)CC(O)(CC(=O)O)C(=O)O. The molecule has 0 heterocycles. The molecule has 0 fully saturated rings. The first-order chi connectivity index (χ1) is 7.51. The second-order valence-electron chi connectivity index (χ2n) is 2.88. The standard InChI is InChI=1S/C6H8O7.CH4N2O.CH4/c7-3(8)1-6(13,5(11)12)2-4(9)10;2-1(3)4;/h13H,1-2H2,(H,7,8)(H,9,10)(H,11,12);(H4,2,3,4);1H4. The first-order valence-electron chi connectivity index (χ1n) is 3.95. The zero-order chi connectivity index (χ0) is 14.2. The summed E-state index contributed by atoms with van der Waals surface area (Å²) in [6, 6.07) is -0.833. The molecular formula is C8H16N2O8. The average molecular weight is 268 g/mol. The number of primary amides is 2. The van der Waals surface area contributed by atoms with E-state index < -0.39 is 42.4 Å². The van der Waals surface area contributed by atoms with E-state index in [9.17, 15) is 14.4 Å². The smallest absolute Gasteiger partial charge is 0.336 e. The van der Waals surface area contributed by atoms with Crippen molar-refractivity contribution in [1.82, 2.24) is 0 Å². The summed E-state index contributed by atoms with van der Waals surface area (Å²) < 4.78 is 0. The lowest BCUT2D eigenvalue weighted by molar-refractivity contribution is -0.170. The van der Waals surface area contributed by atoms with Gasteiger partial charge in [0, 0.05) is 0 Å². The Morgan fingerprint density at radius 3 is 1.22 bits per heavy atom. The van der Waals surface area contributed by atoms with Crippen LogP contribution in [-0.2, 0) is 14.4 Å². The molecule has 0 bridgehead atoms. The van der Waals surface area contributed by atoms with Gasteiger partial charge in [0.1, 0.15) is 0 Å². The van der Waals surface area contributed by atoms with Gasteiger partial charge >= 0.3 is 23.9 Å². The third-order valence-electron chi connectivity index (χ3n) is 1.29. The topological polar surface area (TPSA) is 201 Å². The van der Waals surface area contributed by atoms with Crippen LogP contribution in [0.4, 0.5) is 4.79 Å². The molecule has 8 N–H and O–H groups in total. The van der Waals surface area contributed by atoms with Gasteiger partial charge in [-0.15, -0.1) is 0 Å². The highest BCUT2D eigenvalue weighted by Gasteiger charge is 2.40. The van der Waals surface area contributed by atoms with Crippen molar-refractivity contribution in [3.8, 4) is 0 Å². The number of nitrogens with two attached hydrogens (primary N) is 2. The Morgan fingerprint density at radius 1 is 0.889 bits per heavy atom. The molecule has 0 saturated heterocycles. The van der Waals surface area contributed by atoms with Crippen molar-refractivity contribution in [2.75, 3.05) is 0 Å². The van der Waals surface area contributed by atoms with Crippen LogP contribution in [0.5, 0.6) is 0 Å². The van der Waals surface area contributed by atoms with Crippen molar-refractivity contribution in [2.24, 2.45) is 11.5 Å². The molecule has 0 aliphatic carbocycles. The Morgan fingerprint density at radius 2 is 1.11 bits per heavy atom. The number of carboxylic acids is 3. The van der Waals surface area contributed by atoms with E-state index in [0.717, 1.165) is 0 Å². The van der Waals surface area contributed by atoms with E-state index >= 15 is 0 Å². The summed E-state index contributed by atoms with van der Waals surface area (Å²) in [7, 11) is 0. The molecule has 0 unspecified atom stereocenters. The molecule has 106 valence electrons. The maximum Gasteiger partial charge on any atom is 0.336 e. The Hall–Kier alpha value is -2.36. The molecular weight excluding hydrogens is 252 g/mol. The number of hydrogen-bond donors (Lipinski definition) is 6. The van der Waals surface area contributed by atoms with Gasteiger partial charge in [-0.2, -0.15) is 0 Å². The fourth-order valence-electron chi connectivity index (χ4n) is 0.714. The molecule has 0 aromatic heterocycles. The summed E-state index contributed by atoms with van der Waals surface area (Å²) in [5.41, 5.74) is 5.76. The molecule has 0 saturated carbocycles. The highest BCUT2D eigenvalue weighted by atomic mass is 16.4. The van der Waals surface area contributed by atoms with E-state index in [2.05, 4.69) is 11.5 Å². The lowest BCUT2D eigenvalue weighted by Crippen LogP contribution is -2.42. The Kier molecular flexibility index (Phi) is 10.2. The molecule has 0 atom stereocenters. The number of carboxylic acid groups (broad SMARTS) is 3. The second kappa shape index (κ2) is 8.75. The van der Waals surface area contributed by atoms with Gasteiger partial charge in [-0.1, -0.05) is 7.43 Å². The molecule has 2 amide bonds. The van der Waals surface area contributed by atoms with Gasteiger partial charge < -0.3 is 31.9 Å². The third kappa shape index (κ3) is 11.7. The fraction of sp³-hybridized carbons (Fsp3) is 0.500. The van der Waals surface area contributed by atoms with E-state index in [4.69, 9.17) is 25.2 Å². The van der Waals surface area contributed by atoms with Crippen LogP contribution < -0.4 is 11.5 Å². The number of rotatable bonds is 5. The summed E-state index contributed by atoms with van der Waals surface area (Å²) >= 11 is 0. The van der Waals surface area contributed by atoms with Crippen LogP contribution in [0.25, 0.3) is 0 Å². The quantitative estimate of drug-likeness (QED) is 0.342. The molecule has 0 rings (SSSR count). The summed E-state index contributed by atoms with van der Waals surface area (Å²) in [4.78, 5) is 39.5. The minimum Gasteiger partial charge on any atom is -0.481 e. The van der Waals surface area contributed by atoms with Gasteiger partial charge in [-0.3, -0.25) is 9.59 Å². The lowest BCUT2D eigenvalue weighted by atomic mass is 9.96. The van der Waals surface area contributed by atoms with Gasteiger partial charge in [-0.25, -0.2) is 9.59 Å². The van der Waals surface area contributed by atoms with Gasteiger partial charge in [0.25, 0.3) is 0 Å². The van der Waals surface area contributed by atoms with Crippen molar-refractivity contribution in [3.05, 3.63) is 0 Å². The molecule has 0 aromatic rings. The highest BCUT2D eigenvalue weighted by molar-refractivity contribution is 5.88. The van der Waals surface area contributed by atoms with E-state index in [1.54, 1.807) is 0 Å². The molecule has 10 nitrogen and oxygen atoms in total. The van der Waals surface area contributed by atoms with Crippen molar-refractivity contribution < 1.29 is 39.6 Å². The maximum absolute atomic E-state index is 10.3. The molecule has 0 aliphatic rings. The van der Waals surface area contributed by atoms with E-state index in [1.807, 2.05) is 0 Å². The Balaban J connectivity index is -0.000000392. The summed E-state index contributed by atoms with van der Waals surface area (Å²) in [5.74, 6) is -5.02. The van der Waals surface area contributed by atoms with Crippen LogP contribution in [-0.4, -0.2) is 50.0 Å². The van der Waals surface area contributed by atoms with Crippen LogP contribution in [0.1, 0.15) is 20.3 Å². The van der Waals surface area contributed by atoms with E-state index in [0.29, 0.717) is 0 Å². The van der Waals surface area contributed by atoms with Gasteiger partial charge in [-0.05, 0) is 0 Å².